The van der Waals surface area contributed by atoms with Crippen LogP contribution in [-0.4, -0.2) is 19.8 Å². The lowest BCUT2D eigenvalue weighted by molar-refractivity contribution is 0.0457. The van der Waals surface area contributed by atoms with Crippen molar-refractivity contribution in [3.05, 3.63) is 0 Å². The first-order chi connectivity index (χ1) is 5.27. The molecular weight excluding hydrogens is 142 g/mol. The average molecular weight is 161 g/mol. The van der Waals surface area contributed by atoms with E-state index in [1.165, 1.54) is 6.42 Å². The highest BCUT2D eigenvalue weighted by molar-refractivity contribution is 4.44. The molecule has 0 atom stereocenters. The molecule has 0 fully saturated rings. The highest BCUT2D eigenvalue weighted by Gasteiger charge is 1.93. The maximum Gasteiger partial charge on any atom is 0.0913 e. The summed E-state index contributed by atoms with van der Waals surface area (Å²) in [7, 11) is 0. The Bertz CT molecular complexity index is 76.5. The fourth-order valence-electron chi connectivity index (χ4n) is 0.803. The summed E-state index contributed by atoms with van der Waals surface area (Å²) in [5.74, 6) is 5.58. The minimum absolute atomic E-state index is 0.488. The van der Waals surface area contributed by atoms with Crippen molar-refractivity contribution in [1.82, 2.24) is 0 Å². The minimum atomic E-state index is 0.488. The summed E-state index contributed by atoms with van der Waals surface area (Å²) in [5.41, 5.74) is 0. The van der Waals surface area contributed by atoms with Crippen LogP contribution >= 0.6 is 0 Å². The molecule has 0 aliphatic heterocycles. The molecule has 0 radical (unpaired) electrons. The van der Waals surface area contributed by atoms with Gasteiger partial charge in [-0.15, -0.1) is 0 Å². The molecule has 0 rings (SSSR count). The molecule has 0 spiro atoms. The van der Waals surface area contributed by atoms with E-state index in [2.05, 4.69) is 18.7 Å². The van der Waals surface area contributed by atoms with Crippen LogP contribution in [0.3, 0.4) is 0 Å². The molecule has 0 unspecified atom stereocenters. The van der Waals surface area contributed by atoms with E-state index in [0.717, 1.165) is 18.9 Å². The summed E-state index contributed by atoms with van der Waals surface area (Å²) in [6.07, 6.45) is 2.35. The third-order valence-corrected chi connectivity index (χ3v) is 1.42. The molecule has 3 nitrogen and oxygen atoms in total. The van der Waals surface area contributed by atoms with Crippen LogP contribution in [-0.2, 0) is 9.57 Å². The van der Waals surface area contributed by atoms with Gasteiger partial charge in [0, 0.05) is 6.61 Å². The molecule has 0 saturated heterocycles. The van der Waals surface area contributed by atoms with Crippen molar-refractivity contribution < 1.29 is 9.57 Å². The smallest absolute Gasteiger partial charge is 0.0913 e. The molecule has 0 saturated carbocycles. The van der Waals surface area contributed by atoms with Crippen molar-refractivity contribution in [1.29, 1.82) is 0 Å². The van der Waals surface area contributed by atoms with Gasteiger partial charge in [-0.1, -0.05) is 13.8 Å². The first-order valence-electron chi connectivity index (χ1n) is 4.16. The third-order valence-electron chi connectivity index (χ3n) is 1.42. The van der Waals surface area contributed by atoms with Crippen LogP contribution in [0.2, 0.25) is 0 Å². The molecule has 0 aromatic heterocycles. The molecule has 0 aliphatic carbocycles. The molecule has 11 heavy (non-hydrogen) atoms. The van der Waals surface area contributed by atoms with E-state index in [0.29, 0.717) is 13.2 Å². The average Bonchev–Trinajstić information content (AvgIpc) is 1.96. The summed E-state index contributed by atoms with van der Waals surface area (Å²) in [5, 5.41) is 0. The fourth-order valence-corrected chi connectivity index (χ4v) is 0.803. The van der Waals surface area contributed by atoms with Crippen molar-refractivity contribution in [3.63, 3.8) is 0 Å². The predicted octanol–water partition coefficient (Wildman–Crippen LogP) is 1.33. The van der Waals surface area contributed by atoms with Gasteiger partial charge in [0.15, 0.2) is 0 Å². The van der Waals surface area contributed by atoms with E-state index >= 15 is 0 Å². The normalized spacial score (nSPS) is 10.9. The minimum Gasteiger partial charge on any atom is -0.379 e. The number of hydrogen-bond donors (Lipinski definition) is 1. The SMILES string of the molecule is CC(C)CCCOCCON. The first-order valence-corrected chi connectivity index (χ1v) is 4.16. The Morgan fingerprint density at radius 1 is 1.18 bits per heavy atom. The van der Waals surface area contributed by atoms with Gasteiger partial charge >= 0.3 is 0 Å². The van der Waals surface area contributed by atoms with Crippen LogP contribution in [0.1, 0.15) is 26.7 Å². The molecular formula is C8H19NO2. The van der Waals surface area contributed by atoms with Gasteiger partial charge < -0.3 is 9.57 Å². The molecule has 0 aromatic rings. The van der Waals surface area contributed by atoms with Crippen LogP contribution in [0.25, 0.3) is 0 Å². The standard InChI is InChI=1S/C8H19NO2/c1-8(2)4-3-5-10-6-7-11-9/h8H,3-7,9H2,1-2H3. The summed E-state index contributed by atoms with van der Waals surface area (Å²) < 4.78 is 5.22. The van der Waals surface area contributed by atoms with E-state index in [-0.39, 0.29) is 0 Å². The monoisotopic (exact) mass is 161 g/mol. The Morgan fingerprint density at radius 2 is 1.91 bits per heavy atom. The highest BCUT2D eigenvalue weighted by atomic mass is 16.6. The van der Waals surface area contributed by atoms with Gasteiger partial charge in [-0.2, -0.15) is 0 Å². The van der Waals surface area contributed by atoms with E-state index < -0.39 is 0 Å². The second-order valence-corrected chi connectivity index (χ2v) is 3.02. The number of rotatable bonds is 7. The lowest BCUT2D eigenvalue weighted by atomic mass is 10.1. The quantitative estimate of drug-likeness (QED) is 0.452. The summed E-state index contributed by atoms with van der Waals surface area (Å²) in [6.45, 7) is 6.34. The molecule has 0 amide bonds. The maximum absolute atomic E-state index is 5.22. The largest absolute Gasteiger partial charge is 0.379 e. The van der Waals surface area contributed by atoms with E-state index in [9.17, 15) is 0 Å². The molecule has 3 heteroatoms. The second-order valence-electron chi connectivity index (χ2n) is 3.02. The predicted molar refractivity (Wildman–Crippen MR) is 45.0 cm³/mol. The van der Waals surface area contributed by atoms with E-state index in [1.807, 2.05) is 0 Å². The molecule has 0 heterocycles. The third kappa shape index (κ3) is 9.88. The highest BCUT2D eigenvalue weighted by Crippen LogP contribution is 2.02. The molecule has 0 aliphatic rings. The Balaban J connectivity index is 2.80. The van der Waals surface area contributed by atoms with Gasteiger partial charge in [0.25, 0.3) is 0 Å². The zero-order valence-corrected chi connectivity index (χ0v) is 7.51. The maximum atomic E-state index is 5.22. The van der Waals surface area contributed by atoms with Gasteiger partial charge in [-0.25, -0.2) is 5.90 Å². The van der Waals surface area contributed by atoms with Crippen LogP contribution in [0.15, 0.2) is 0 Å². The second kappa shape index (κ2) is 7.98. The fraction of sp³-hybridized carbons (Fsp3) is 1.00. The van der Waals surface area contributed by atoms with Crippen molar-refractivity contribution >= 4 is 0 Å². The van der Waals surface area contributed by atoms with Crippen molar-refractivity contribution in [2.75, 3.05) is 19.8 Å². The Labute approximate surface area is 68.8 Å². The van der Waals surface area contributed by atoms with Crippen LogP contribution < -0.4 is 5.90 Å². The first kappa shape index (κ1) is 10.9. The van der Waals surface area contributed by atoms with Crippen molar-refractivity contribution in [3.8, 4) is 0 Å². The Morgan fingerprint density at radius 3 is 2.45 bits per heavy atom. The lowest BCUT2D eigenvalue weighted by Gasteiger charge is -2.04. The van der Waals surface area contributed by atoms with Crippen LogP contribution in [0, 0.1) is 5.92 Å². The number of ether oxygens (including phenoxy) is 1. The summed E-state index contributed by atoms with van der Waals surface area (Å²) in [6, 6.07) is 0. The number of nitrogens with two attached hydrogens (primary N) is 1. The van der Waals surface area contributed by atoms with E-state index in [1.54, 1.807) is 0 Å². The Kier molecular flexibility index (Phi) is 7.89. The van der Waals surface area contributed by atoms with Crippen LogP contribution in [0.4, 0.5) is 0 Å². The zero-order chi connectivity index (χ0) is 8.53. The van der Waals surface area contributed by atoms with Crippen molar-refractivity contribution in [2.45, 2.75) is 26.7 Å². The number of hydrogen-bond acceptors (Lipinski definition) is 3. The topological polar surface area (TPSA) is 44.5 Å². The molecule has 0 aromatic carbocycles. The van der Waals surface area contributed by atoms with Gasteiger partial charge in [-0.3, -0.25) is 0 Å². The van der Waals surface area contributed by atoms with Crippen molar-refractivity contribution in [2.24, 2.45) is 11.8 Å². The van der Waals surface area contributed by atoms with Crippen LogP contribution in [0.5, 0.6) is 0 Å². The van der Waals surface area contributed by atoms with E-state index in [4.69, 9.17) is 10.6 Å². The Hall–Kier alpha value is -0.120. The molecule has 2 N–H and O–H groups in total. The summed E-state index contributed by atoms with van der Waals surface area (Å²) in [4.78, 5) is 4.34. The lowest BCUT2D eigenvalue weighted by Crippen LogP contribution is -2.08. The molecule has 0 bridgehead atoms. The van der Waals surface area contributed by atoms with Gasteiger partial charge in [-0.05, 0) is 18.8 Å². The van der Waals surface area contributed by atoms with Gasteiger partial charge in [0.05, 0.1) is 13.2 Å². The van der Waals surface area contributed by atoms with Gasteiger partial charge in [0.1, 0.15) is 0 Å². The zero-order valence-electron chi connectivity index (χ0n) is 7.51. The summed E-state index contributed by atoms with van der Waals surface area (Å²) >= 11 is 0. The van der Waals surface area contributed by atoms with Gasteiger partial charge in [0.2, 0.25) is 0 Å². The molecule has 68 valence electrons.